The molecular weight excluding hydrogens is 523 g/mol. The Morgan fingerprint density at radius 3 is 2.28 bits per heavy atom. The lowest BCUT2D eigenvalue weighted by molar-refractivity contribution is 0.355. The molecule has 0 atom stereocenters. The number of methoxy groups -OCH3 is 3. The second-order valence-corrected chi connectivity index (χ2v) is 6.78. The smallest absolute Gasteiger partial charge is 0.196 e. The number of hydrogen-bond acceptors (Lipinski definition) is 6. The number of ether oxygens (including phenoxy) is 3. The van der Waals surface area contributed by atoms with Crippen molar-refractivity contribution in [3.8, 4) is 17.2 Å². The molecule has 0 amide bonds. The van der Waals surface area contributed by atoms with Crippen LogP contribution in [0.1, 0.15) is 17.2 Å². The van der Waals surface area contributed by atoms with E-state index in [4.69, 9.17) is 19.2 Å². The molecule has 3 rings (SSSR count). The average molecular weight is 552 g/mol. The van der Waals surface area contributed by atoms with Crippen molar-refractivity contribution in [2.75, 3.05) is 26.6 Å². The van der Waals surface area contributed by atoms with Gasteiger partial charge in [-0.15, -0.1) is 34.2 Å². The van der Waals surface area contributed by atoms with Crippen LogP contribution in [0, 0.1) is 6.92 Å². The summed E-state index contributed by atoms with van der Waals surface area (Å²) in [6, 6.07) is 13.4. The summed E-state index contributed by atoms with van der Waals surface area (Å²) >= 11 is 0. The lowest BCUT2D eigenvalue weighted by atomic mass is 10.2. The standard InChI is InChI=1S/C22H28N6O3.HI/c1-15-26-27-21(28(15)2)14-24-22(23-13-16-6-9-18(29-3)10-7-16)25-17-8-11-19(30-4)20(12-17)31-5;/h6-12H,13-14H2,1-5H3,(H2,23,24,25);1H. The van der Waals surface area contributed by atoms with E-state index >= 15 is 0 Å². The molecule has 0 unspecified atom stereocenters. The van der Waals surface area contributed by atoms with Crippen LogP contribution in [-0.4, -0.2) is 42.1 Å². The van der Waals surface area contributed by atoms with Crippen molar-refractivity contribution < 1.29 is 14.2 Å². The molecule has 0 aliphatic heterocycles. The molecule has 0 bridgehead atoms. The maximum absolute atomic E-state index is 5.40. The highest BCUT2D eigenvalue weighted by molar-refractivity contribution is 14.0. The van der Waals surface area contributed by atoms with Crippen LogP contribution in [0.5, 0.6) is 17.2 Å². The number of benzene rings is 2. The van der Waals surface area contributed by atoms with E-state index in [-0.39, 0.29) is 24.0 Å². The first-order valence-electron chi connectivity index (χ1n) is 9.79. The Kier molecular flexibility index (Phi) is 9.57. The van der Waals surface area contributed by atoms with Crippen LogP contribution in [0.3, 0.4) is 0 Å². The number of nitrogens with one attached hydrogen (secondary N) is 2. The van der Waals surface area contributed by atoms with Gasteiger partial charge in [0.05, 0.1) is 34.4 Å². The minimum absolute atomic E-state index is 0. The van der Waals surface area contributed by atoms with Gasteiger partial charge in [-0.1, -0.05) is 12.1 Å². The molecule has 172 valence electrons. The van der Waals surface area contributed by atoms with E-state index in [1.54, 1.807) is 21.3 Å². The van der Waals surface area contributed by atoms with Gasteiger partial charge in [-0.25, -0.2) is 4.99 Å². The maximum atomic E-state index is 5.40. The number of halogens is 1. The van der Waals surface area contributed by atoms with Crippen molar-refractivity contribution in [3.63, 3.8) is 0 Å². The van der Waals surface area contributed by atoms with Crippen molar-refractivity contribution in [2.45, 2.75) is 20.0 Å². The van der Waals surface area contributed by atoms with E-state index in [9.17, 15) is 0 Å². The molecule has 0 saturated heterocycles. The van der Waals surface area contributed by atoms with Gasteiger partial charge in [0.1, 0.15) is 11.6 Å². The zero-order chi connectivity index (χ0) is 22.2. The molecule has 0 saturated carbocycles. The van der Waals surface area contributed by atoms with Crippen molar-refractivity contribution >= 4 is 35.6 Å². The number of aliphatic imine (C=N–C) groups is 1. The lowest BCUT2D eigenvalue weighted by Crippen LogP contribution is -2.31. The first-order chi connectivity index (χ1) is 15.0. The van der Waals surface area contributed by atoms with Gasteiger partial charge in [-0.2, -0.15) is 0 Å². The Labute approximate surface area is 205 Å². The molecule has 2 aromatic carbocycles. The number of nitrogens with zero attached hydrogens (tertiary/aromatic N) is 4. The van der Waals surface area contributed by atoms with E-state index in [2.05, 4.69) is 20.8 Å². The zero-order valence-corrected chi connectivity index (χ0v) is 21.2. The number of aryl methyl sites for hydroxylation is 1. The Bertz CT molecular complexity index is 1040. The highest BCUT2D eigenvalue weighted by atomic mass is 127. The highest BCUT2D eigenvalue weighted by Crippen LogP contribution is 2.29. The van der Waals surface area contributed by atoms with Gasteiger partial charge in [-0.3, -0.25) is 0 Å². The van der Waals surface area contributed by atoms with Crippen molar-refractivity contribution in [3.05, 3.63) is 59.7 Å². The monoisotopic (exact) mass is 552 g/mol. The van der Waals surface area contributed by atoms with Crippen LogP contribution in [0.4, 0.5) is 5.69 Å². The van der Waals surface area contributed by atoms with Crippen LogP contribution in [-0.2, 0) is 20.1 Å². The predicted molar refractivity (Wildman–Crippen MR) is 135 cm³/mol. The predicted octanol–water partition coefficient (Wildman–Crippen LogP) is 3.53. The summed E-state index contributed by atoms with van der Waals surface area (Å²) < 4.78 is 17.9. The topological polar surface area (TPSA) is 94.8 Å². The number of rotatable bonds is 8. The molecule has 0 fully saturated rings. The van der Waals surface area contributed by atoms with E-state index in [1.165, 1.54) is 0 Å². The fourth-order valence-corrected chi connectivity index (χ4v) is 2.86. The molecule has 0 radical (unpaired) electrons. The number of guanidine groups is 1. The molecule has 9 nitrogen and oxygen atoms in total. The summed E-state index contributed by atoms with van der Waals surface area (Å²) in [6.07, 6.45) is 0. The molecule has 0 aliphatic carbocycles. The minimum atomic E-state index is 0. The highest BCUT2D eigenvalue weighted by Gasteiger charge is 2.09. The van der Waals surface area contributed by atoms with Gasteiger partial charge in [0.15, 0.2) is 23.3 Å². The van der Waals surface area contributed by atoms with E-state index in [0.29, 0.717) is 30.5 Å². The molecule has 1 aromatic heterocycles. The van der Waals surface area contributed by atoms with Gasteiger partial charge in [-0.05, 0) is 36.8 Å². The van der Waals surface area contributed by atoms with Crippen LogP contribution in [0.2, 0.25) is 0 Å². The summed E-state index contributed by atoms with van der Waals surface area (Å²) in [5, 5.41) is 14.9. The number of anilines is 1. The van der Waals surface area contributed by atoms with Crippen LogP contribution >= 0.6 is 24.0 Å². The van der Waals surface area contributed by atoms with Gasteiger partial charge in [0, 0.05) is 18.8 Å². The molecule has 0 spiro atoms. The Balaban J connectivity index is 0.00000363. The zero-order valence-electron chi connectivity index (χ0n) is 18.9. The second kappa shape index (κ2) is 12.1. The molecule has 32 heavy (non-hydrogen) atoms. The summed E-state index contributed by atoms with van der Waals surface area (Å²) in [5.41, 5.74) is 1.87. The quantitative estimate of drug-likeness (QED) is 0.251. The summed E-state index contributed by atoms with van der Waals surface area (Å²) in [7, 11) is 6.80. The van der Waals surface area contributed by atoms with Crippen molar-refractivity contribution in [1.82, 2.24) is 20.1 Å². The maximum Gasteiger partial charge on any atom is 0.196 e. The van der Waals surface area contributed by atoms with Crippen LogP contribution in [0.25, 0.3) is 0 Å². The Hall–Kier alpha value is -3.02. The molecule has 0 aliphatic rings. The van der Waals surface area contributed by atoms with Gasteiger partial charge < -0.3 is 29.4 Å². The third-order valence-electron chi connectivity index (χ3n) is 4.82. The van der Waals surface area contributed by atoms with Gasteiger partial charge in [0.2, 0.25) is 0 Å². The minimum Gasteiger partial charge on any atom is -0.497 e. The number of hydrogen-bond donors (Lipinski definition) is 2. The normalized spacial score (nSPS) is 10.8. The molecule has 10 heteroatoms. The molecule has 1 heterocycles. The van der Waals surface area contributed by atoms with Crippen molar-refractivity contribution in [2.24, 2.45) is 12.0 Å². The third-order valence-corrected chi connectivity index (χ3v) is 4.82. The fraction of sp³-hybridized carbons (Fsp3) is 0.318. The average Bonchev–Trinajstić information content (AvgIpc) is 3.13. The van der Waals surface area contributed by atoms with Crippen LogP contribution in [0.15, 0.2) is 47.5 Å². The van der Waals surface area contributed by atoms with Gasteiger partial charge >= 0.3 is 0 Å². The van der Waals surface area contributed by atoms with Gasteiger partial charge in [0.25, 0.3) is 0 Å². The fourth-order valence-electron chi connectivity index (χ4n) is 2.86. The summed E-state index contributed by atoms with van der Waals surface area (Å²) in [5.74, 6) is 4.36. The second-order valence-electron chi connectivity index (χ2n) is 6.78. The van der Waals surface area contributed by atoms with E-state index in [1.807, 2.05) is 61.0 Å². The largest absolute Gasteiger partial charge is 0.497 e. The Morgan fingerprint density at radius 2 is 1.69 bits per heavy atom. The van der Waals surface area contributed by atoms with E-state index in [0.717, 1.165) is 28.6 Å². The molecule has 2 N–H and O–H groups in total. The molecular formula is C22H29IN6O3. The first-order valence-corrected chi connectivity index (χ1v) is 9.79. The third kappa shape index (κ3) is 6.49. The summed E-state index contributed by atoms with van der Waals surface area (Å²) in [4.78, 5) is 4.72. The Morgan fingerprint density at radius 1 is 0.969 bits per heavy atom. The SMILES string of the molecule is COc1ccc(CN=C(NCc2nnc(C)n2C)Nc2ccc(OC)c(OC)c2)cc1.I. The van der Waals surface area contributed by atoms with E-state index < -0.39 is 0 Å². The summed E-state index contributed by atoms with van der Waals surface area (Å²) in [6.45, 7) is 2.88. The number of aromatic nitrogens is 3. The lowest BCUT2D eigenvalue weighted by Gasteiger charge is -2.14. The van der Waals surface area contributed by atoms with Crippen molar-refractivity contribution in [1.29, 1.82) is 0 Å². The first kappa shape index (κ1) is 25.2. The van der Waals surface area contributed by atoms with Crippen LogP contribution < -0.4 is 24.8 Å². The molecule has 3 aromatic rings.